The van der Waals surface area contributed by atoms with E-state index in [0.29, 0.717) is 24.0 Å². The molecule has 6 heteroatoms. The summed E-state index contributed by atoms with van der Waals surface area (Å²) in [6.07, 6.45) is 1.08. The Morgan fingerprint density at radius 3 is 2.52 bits per heavy atom. The summed E-state index contributed by atoms with van der Waals surface area (Å²) in [5, 5.41) is 6.48. The van der Waals surface area contributed by atoms with Gasteiger partial charge in [0.25, 0.3) is 0 Å². The van der Waals surface area contributed by atoms with Crippen molar-refractivity contribution < 1.29 is 4.21 Å². The second-order valence-corrected chi connectivity index (χ2v) is 7.22. The monoisotopic (exact) mass is 451 g/mol. The molecule has 132 valence electrons. The zero-order valence-corrected chi connectivity index (χ0v) is 17.5. The van der Waals surface area contributed by atoms with E-state index in [9.17, 15) is 4.21 Å². The van der Waals surface area contributed by atoms with Gasteiger partial charge in [-0.2, -0.15) is 0 Å². The summed E-state index contributed by atoms with van der Waals surface area (Å²) in [7, 11) is -0.850. The van der Waals surface area contributed by atoms with E-state index < -0.39 is 10.8 Å². The van der Waals surface area contributed by atoms with Crippen LogP contribution in [0, 0.1) is 5.92 Å². The summed E-state index contributed by atoms with van der Waals surface area (Å²) >= 11 is 0. The van der Waals surface area contributed by atoms with Gasteiger partial charge >= 0.3 is 0 Å². The van der Waals surface area contributed by atoms with E-state index >= 15 is 0 Å². The maximum absolute atomic E-state index is 12.1. The zero-order chi connectivity index (χ0) is 16.2. The van der Waals surface area contributed by atoms with Gasteiger partial charge in [-0.3, -0.25) is 9.20 Å². The van der Waals surface area contributed by atoms with Crippen molar-refractivity contribution in [2.24, 2.45) is 10.9 Å². The van der Waals surface area contributed by atoms with Crippen molar-refractivity contribution in [3.05, 3.63) is 35.9 Å². The number of aliphatic imine (C=N–C) groups is 1. The highest BCUT2D eigenvalue weighted by atomic mass is 127. The first-order chi connectivity index (χ1) is 10.6. The molecule has 0 saturated heterocycles. The van der Waals surface area contributed by atoms with E-state index in [2.05, 4.69) is 29.5 Å². The van der Waals surface area contributed by atoms with E-state index in [1.54, 1.807) is 0 Å². The first kappa shape index (κ1) is 22.4. The third-order valence-electron chi connectivity index (χ3n) is 3.11. The molecule has 0 aliphatic carbocycles. The lowest BCUT2D eigenvalue weighted by Gasteiger charge is -2.11. The minimum Gasteiger partial charge on any atom is -0.357 e. The molecule has 4 nitrogen and oxygen atoms in total. The lowest BCUT2D eigenvalue weighted by atomic mass is 10.1. The van der Waals surface area contributed by atoms with Crippen LogP contribution in [0.4, 0.5) is 0 Å². The number of hydrogen-bond donors (Lipinski definition) is 2. The molecule has 0 heterocycles. The predicted molar refractivity (Wildman–Crippen MR) is 112 cm³/mol. The molecule has 0 aromatic heterocycles. The van der Waals surface area contributed by atoms with Crippen molar-refractivity contribution in [1.29, 1.82) is 0 Å². The van der Waals surface area contributed by atoms with Gasteiger partial charge in [0.2, 0.25) is 0 Å². The Labute approximate surface area is 160 Å². The van der Waals surface area contributed by atoms with E-state index in [1.807, 2.05) is 37.3 Å². The van der Waals surface area contributed by atoms with Gasteiger partial charge in [0.1, 0.15) is 0 Å². The summed E-state index contributed by atoms with van der Waals surface area (Å²) < 4.78 is 12.1. The standard InChI is InChI=1S/C17H29N3OS.HI/c1-4-18-17(19-11-10-15(2)3)20-12-13-22(21)14-16-8-6-5-7-9-16;/h5-9,15H,4,10-14H2,1-3H3,(H2,18,19,20);1H. The molecule has 1 rings (SSSR count). The van der Waals surface area contributed by atoms with Gasteiger partial charge in [-0.05, 0) is 24.8 Å². The second-order valence-electron chi connectivity index (χ2n) is 5.64. The molecule has 23 heavy (non-hydrogen) atoms. The molecule has 0 saturated carbocycles. The van der Waals surface area contributed by atoms with Crippen molar-refractivity contribution in [3.8, 4) is 0 Å². The fourth-order valence-electron chi connectivity index (χ4n) is 1.89. The normalized spacial score (nSPS) is 12.6. The summed E-state index contributed by atoms with van der Waals surface area (Å²) in [4.78, 5) is 4.53. The van der Waals surface area contributed by atoms with Crippen molar-refractivity contribution in [3.63, 3.8) is 0 Å². The van der Waals surface area contributed by atoms with Crippen LogP contribution < -0.4 is 10.6 Å². The summed E-state index contributed by atoms with van der Waals surface area (Å²) in [6, 6.07) is 9.97. The van der Waals surface area contributed by atoms with Crippen molar-refractivity contribution in [1.82, 2.24) is 10.6 Å². The van der Waals surface area contributed by atoms with Gasteiger partial charge in [0.05, 0.1) is 0 Å². The van der Waals surface area contributed by atoms with Crippen LogP contribution in [-0.4, -0.2) is 35.6 Å². The quantitative estimate of drug-likeness (QED) is 0.345. The highest BCUT2D eigenvalue weighted by Crippen LogP contribution is 2.02. The molecule has 0 amide bonds. The van der Waals surface area contributed by atoms with Crippen molar-refractivity contribution in [2.75, 3.05) is 25.4 Å². The second kappa shape index (κ2) is 13.8. The van der Waals surface area contributed by atoms with Gasteiger partial charge in [0, 0.05) is 41.9 Å². The van der Waals surface area contributed by atoms with Crippen LogP contribution in [0.15, 0.2) is 35.3 Å². The minimum absolute atomic E-state index is 0. The Bertz CT molecular complexity index is 466. The maximum Gasteiger partial charge on any atom is 0.191 e. The smallest absolute Gasteiger partial charge is 0.191 e. The molecule has 1 aromatic carbocycles. The molecule has 0 aliphatic heterocycles. The van der Waals surface area contributed by atoms with Crippen LogP contribution >= 0.6 is 24.0 Å². The number of nitrogens with one attached hydrogen (secondary N) is 2. The number of rotatable bonds is 9. The molecule has 0 radical (unpaired) electrons. The summed E-state index contributed by atoms with van der Waals surface area (Å²) in [5.41, 5.74) is 1.12. The van der Waals surface area contributed by atoms with E-state index in [-0.39, 0.29) is 24.0 Å². The van der Waals surface area contributed by atoms with E-state index in [4.69, 9.17) is 0 Å². The van der Waals surface area contributed by atoms with E-state index in [1.165, 1.54) is 0 Å². The van der Waals surface area contributed by atoms with Gasteiger partial charge < -0.3 is 10.6 Å². The van der Waals surface area contributed by atoms with Crippen LogP contribution in [0.3, 0.4) is 0 Å². The fraction of sp³-hybridized carbons (Fsp3) is 0.588. The molecule has 0 bridgehead atoms. The predicted octanol–water partition coefficient (Wildman–Crippen LogP) is 3.15. The highest BCUT2D eigenvalue weighted by molar-refractivity contribution is 14.0. The highest BCUT2D eigenvalue weighted by Gasteiger charge is 2.03. The van der Waals surface area contributed by atoms with Crippen LogP contribution in [0.1, 0.15) is 32.8 Å². The zero-order valence-electron chi connectivity index (χ0n) is 14.4. The number of nitrogens with zero attached hydrogens (tertiary/aromatic N) is 1. The topological polar surface area (TPSA) is 53.5 Å². The Morgan fingerprint density at radius 2 is 1.91 bits per heavy atom. The number of guanidine groups is 1. The summed E-state index contributed by atoms with van der Waals surface area (Å²) in [6.45, 7) is 8.77. The minimum atomic E-state index is -0.850. The van der Waals surface area contributed by atoms with Crippen molar-refractivity contribution >= 4 is 40.7 Å². The molecule has 0 fully saturated rings. The average Bonchev–Trinajstić information content (AvgIpc) is 2.48. The molecule has 1 atom stereocenters. The third-order valence-corrected chi connectivity index (χ3v) is 4.43. The van der Waals surface area contributed by atoms with Gasteiger partial charge in [0.15, 0.2) is 5.96 Å². The lowest BCUT2D eigenvalue weighted by Crippen LogP contribution is -2.39. The van der Waals surface area contributed by atoms with E-state index in [0.717, 1.165) is 31.0 Å². The maximum atomic E-state index is 12.1. The first-order valence-electron chi connectivity index (χ1n) is 8.03. The molecule has 2 N–H and O–H groups in total. The first-order valence-corrected chi connectivity index (χ1v) is 9.51. The van der Waals surface area contributed by atoms with Crippen LogP contribution in [0.2, 0.25) is 0 Å². The van der Waals surface area contributed by atoms with Crippen molar-refractivity contribution in [2.45, 2.75) is 32.9 Å². The fourth-order valence-corrected chi connectivity index (χ4v) is 2.93. The molecule has 0 spiro atoms. The Morgan fingerprint density at radius 1 is 1.22 bits per heavy atom. The lowest BCUT2D eigenvalue weighted by molar-refractivity contribution is 0.594. The molecule has 0 aliphatic rings. The molecular formula is C17H30IN3OS. The number of benzene rings is 1. The number of hydrogen-bond acceptors (Lipinski definition) is 2. The Hall–Kier alpha value is -0.630. The van der Waals surface area contributed by atoms with Crippen LogP contribution in [0.25, 0.3) is 0 Å². The summed E-state index contributed by atoms with van der Waals surface area (Å²) in [5.74, 6) is 2.72. The SMILES string of the molecule is CCNC(=NCCC(C)C)NCCS(=O)Cc1ccccc1.I. The van der Waals surface area contributed by atoms with Gasteiger partial charge in [-0.15, -0.1) is 24.0 Å². The number of halogens is 1. The van der Waals surface area contributed by atoms with Crippen LogP contribution in [-0.2, 0) is 16.6 Å². The molecule has 1 unspecified atom stereocenters. The van der Waals surface area contributed by atoms with Crippen LogP contribution in [0.5, 0.6) is 0 Å². The average molecular weight is 451 g/mol. The van der Waals surface area contributed by atoms with Gasteiger partial charge in [-0.25, -0.2) is 0 Å². The van der Waals surface area contributed by atoms with Gasteiger partial charge in [-0.1, -0.05) is 44.2 Å². The molecule has 1 aromatic rings. The largest absolute Gasteiger partial charge is 0.357 e. The Balaban J connectivity index is 0.00000484. The third kappa shape index (κ3) is 11.5. The molecular weight excluding hydrogens is 421 g/mol. The Kier molecular flexibility index (Phi) is 13.4.